The van der Waals surface area contributed by atoms with Crippen LogP contribution in [0, 0.1) is 0 Å². The zero-order chi connectivity index (χ0) is 24.6. The molecule has 0 amide bonds. The molecule has 1 saturated heterocycles. The lowest BCUT2D eigenvalue weighted by Gasteiger charge is -2.39. The second-order valence-electron chi connectivity index (χ2n) is 8.12. The monoisotopic (exact) mass is 490 g/mol. The van der Waals surface area contributed by atoms with Gasteiger partial charge in [-0.1, -0.05) is 0 Å². The summed E-state index contributed by atoms with van der Waals surface area (Å²) in [6, 6.07) is 2.68. The van der Waals surface area contributed by atoms with E-state index >= 15 is 0 Å². The summed E-state index contributed by atoms with van der Waals surface area (Å²) >= 11 is 0. The molecule has 35 heavy (non-hydrogen) atoms. The zero-order valence-electron chi connectivity index (χ0n) is 17.9. The highest BCUT2D eigenvalue weighted by Gasteiger charge is 2.45. The van der Waals surface area contributed by atoms with E-state index in [9.17, 15) is 30.0 Å². The Morgan fingerprint density at radius 3 is 2.34 bits per heavy atom. The van der Waals surface area contributed by atoms with Crippen molar-refractivity contribution in [1.29, 1.82) is 0 Å². The smallest absolute Gasteiger partial charge is 0.344 e. The Morgan fingerprint density at radius 2 is 1.63 bits per heavy atom. The van der Waals surface area contributed by atoms with Gasteiger partial charge in [0.1, 0.15) is 24.4 Å². The van der Waals surface area contributed by atoms with Crippen LogP contribution in [0.1, 0.15) is 0 Å². The SMILES string of the molecule is COc1c(O[C@H]2O[C@H](CO)[C@@H](O)[C@H](O)[C@H]2O)cc2c(=O)oc3c4c(cc5c(=O)oc1c2c35)OCO4. The molecule has 0 aliphatic carbocycles. The summed E-state index contributed by atoms with van der Waals surface area (Å²) in [6.45, 7) is -0.788. The van der Waals surface area contributed by atoms with Crippen LogP contribution in [0.5, 0.6) is 23.0 Å². The number of ether oxygens (including phenoxy) is 5. The Kier molecular flexibility index (Phi) is 4.81. The lowest BCUT2D eigenvalue weighted by molar-refractivity contribution is -0.277. The van der Waals surface area contributed by atoms with Crippen LogP contribution in [0.2, 0.25) is 0 Å². The first-order chi connectivity index (χ1) is 16.8. The van der Waals surface area contributed by atoms with E-state index in [1.807, 2.05) is 0 Å². The van der Waals surface area contributed by atoms with Crippen molar-refractivity contribution in [2.45, 2.75) is 30.7 Å². The second-order valence-corrected chi connectivity index (χ2v) is 8.12. The Balaban J connectivity index is 1.59. The van der Waals surface area contributed by atoms with E-state index in [0.29, 0.717) is 0 Å². The fraction of sp³-hybridized carbons (Fsp3) is 0.364. The average molecular weight is 490 g/mol. The molecule has 2 aliphatic heterocycles. The molecule has 2 aromatic carbocycles. The third-order valence-electron chi connectivity index (χ3n) is 6.20. The van der Waals surface area contributed by atoms with E-state index in [-0.39, 0.29) is 62.5 Å². The molecule has 4 heterocycles. The van der Waals surface area contributed by atoms with E-state index in [2.05, 4.69) is 0 Å². The summed E-state index contributed by atoms with van der Waals surface area (Å²) in [5.41, 5.74) is -1.73. The second kappa shape index (κ2) is 7.69. The summed E-state index contributed by atoms with van der Waals surface area (Å²) in [5, 5.41) is 40.4. The maximum atomic E-state index is 13.0. The molecule has 5 atom stereocenters. The van der Waals surface area contributed by atoms with Crippen molar-refractivity contribution in [3.63, 3.8) is 0 Å². The molecule has 4 N–H and O–H groups in total. The molecule has 0 unspecified atom stereocenters. The van der Waals surface area contributed by atoms with Crippen LogP contribution in [0.4, 0.5) is 0 Å². The van der Waals surface area contributed by atoms with Gasteiger partial charge in [-0.2, -0.15) is 0 Å². The average Bonchev–Trinajstić information content (AvgIpc) is 3.32. The molecule has 0 radical (unpaired) electrons. The number of hydrogen-bond acceptors (Lipinski definition) is 13. The van der Waals surface area contributed by atoms with Gasteiger partial charge in [0, 0.05) is 10.8 Å². The third-order valence-corrected chi connectivity index (χ3v) is 6.20. The minimum atomic E-state index is -1.73. The van der Waals surface area contributed by atoms with Crippen LogP contribution in [-0.2, 0) is 4.74 Å². The van der Waals surface area contributed by atoms with Crippen molar-refractivity contribution in [3.8, 4) is 23.0 Å². The molecule has 4 aromatic rings. The first-order valence-electron chi connectivity index (χ1n) is 10.5. The van der Waals surface area contributed by atoms with Crippen LogP contribution < -0.4 is 30.2 Å². The van der Waals surface area contributed by atoms with Crippen molar-refractivity contribution in [3.05, 3.63) is 33.0 Å². The highest BCUT2D eigenvalue weighted by Crippen LogP contribution is 2.47. The Morgan fingerprint density at radius 1 is 0.943 bits per heavy atom. The van der Waals surface area contributed by atoms with Crippen LogP contribution in [0.15, 0.2) is 30.6 Å². The number of hydrogen-bond donors (Lipinski definition) is 4. The molecule has 184 valence electrons. The van der Waals surface area contributed by atoms with Gasteiger partial charge in [-0.05, 0) is 12.1 Å². The summed E-state index contributed by atoms with van der Waals surface area (Å²) in [7, 11) is 1.27. The van der Waals surface area contributed by atoms with Crippen molar-refractivity contribution in [1.82, 2.24) is 0 Å². The van der Waals surface area contributed by atoms with Gasteiger partial charge in [-0.3, -0.25) is 0 Å². The third kappa shape index (κ3) is 3.00. The molecule has 2 aliphatic rings. The van der Waals surface area contributed by atoms with E-state index in [4.69, 9.17) is 32.5 Å². The number of aliphatic hydroxyl groups is 4. The lowest BCUT2D eigenvalue weighted by atomic mass is 9.99. The normalized spacial score (nSPS) is 26.1. The number of aliphatic hydroxyl groups excluding tert-OH is 4. The molecule has 13 nitrogen and oxygen atoms in total. The van der Waals surface area contributed by atoms with Gasteiger partial charge >= 0.3 is 11.3 Å². The van der Waals surface area contributed by atoms with Crippen LogP contribution in [0.25, 0.3) is 32.7 Å². The van der Waals surface area contributed by atoms with Gasteiger partial charge in [0.05, 0.1) is 24.5 Å². The van der Waals surface area contributed by atoms with E-state index in [1.165, 1.54) is 19.2 Å². The molecule has 13 heteroatoms. The summed E-state index contributed by atoms with van der Waals surface area (Å²) in [6.07, 6.45) is -7.84. The molecule has 6 rings (SSSR count). The Labute approximate surface area is 193 Å². The predicted octanol–water partition coefficient (Wildman–Crippen LogP) is -0.594. The van der Waals surface area contributed by atoms with Crippen molar-refractivity contribution < 1.29 is 52.9 Å². The van der Waals surface area contributed by atoms with E-state index < -0.39 is 48.6 Å². The minimum absolute atomic E-state index is 0.00931. The van der Waals surface area contributed by atoms with Crippen molar-refractivity contribution in [2.75, 3.05) is 20.5 Å². The maximum Gasteiger partial charge on any atom is 0.344 e. The Bertz CT molecular complexity index is 1570. The molecule has 0 spiro atoms. The largest absolute Gasteiger partial charge is 0.490 e. The molecular weight excluding hydrogens is 472 g/mol. The van der Waals surface area contributed by atoms with Crippen LogP contribution in [0.3, 0.4) is 0 Å². The van der Waals surface area contributed by atoms with Gasteiger partial charge in [0.15, 0.2) is 22.7 Å². The highest BCUT2D eigenvalue weighted by atomic mass is 16.7. The minimum Gasteiger partial charge on any atom is -0.490 e. The summed E-state index contributed by atoms with van der Waals surface area (Å²) < 4.78 is 38.3. The molecule has 0 bridgehead atoms. The van der Waals surface area contributed by atoms with Gasteiger partial charge in [-0.15, -0.1) is 0 Å². The maximum absolute atomic E-state index is 13.0. The van der Waals surface area contributed by atoms with Gasteiger partial charge < -0.3 is 52.9 Å². The fourth-order valence-corrected chi connectivity index (χ4v) is 4.51. The first-order valence-corrected chi connectivity index (χ1v) is 10.5. The quantitative estimate of drug-likeness (QED) is 0.210. The first kappa shape index (κ1) is 21.9. The Hall–Kier alpha value is -3.62. The lowest BCUT2D eigenvalue weighted by Crippen LogP contribution is -2.60. The highest BCUT2D eigenvalue weighted by molar-refractivity contribution is 6.22. The van der Waals surface area contributed by atoms with Gasteiger partial charge in [-0.25, -0.2) is 9.59 Å². The van der Waals surface area contributed by atoms with Gasteiger partial charge in [0.25, 0.3) is 0 Å². The molecule has 1 fully saturated rings. The van der Waals surface area contributed by atoms with Crippen LogP contribution in [-0.4, -0.2) is 71.6 Å². The molecular formula is C22H18O13. The van der Waals surface area contributed by atoms with E-state index in [0.717, 1.165) is 0 Å². The van der Waals surface area contributed by atoms with Gasteiger partial charge in [0.2, 0.25) is 24.6 Å². The fourth-order valence-electron chi connectivity index (χ4n) is 4.51. The predicted molar refractivity (Wildman–Crippen MR) is 114 cm³/mol. The topological polar surface area (TPSA) is 187 Å². The standard InChI is InChI=1S/C22H18O13/c1-29-16-9(32-22-15(26)14(25)13(24)10(4-23)33-22)3-7-11-12-6(20(27)34-18(11)16)2-8-17(31-5-30-8)19(12)35-21(7)28/h2-3,10,13-15,22-26H,4-5H2,1H3/t10-,13-,14+,15-,22+/m1/s1. The number of fused-ring (bicyclic) bond motifs is 2. The van der Waals surface area contributed by atoms with Crippen LogP contribution >= 0.6 is 0 Å². The number of methoxy groups -OCH3 is 1. The van der Waals surface area contributed by atoms with Crippen molar-refractivity contribution >= 4 is 32.7 Å². The summed E-state index contributed by atoms with van der Waals surface area (Å²) in [5.74, 6) is 0.0925. The number of rotatable bonds is 4. The number of benzene rings is 2. The van der Waals surface area contributed by atoms with Crippen molar-refractivity contribution in [2.24, 2.45) is 0 Å². The molecule has 2 aromatic heterocycles. The molecule has 0 saturated carbocycles. The zero-order valence-corrected chi connectivity index (χ0v) is 17.9. The summed E-state index contributed by atoms with van der Waals surface area (Å²) in [4.78, 5) is 25.9. The van der Waals surface area contributed by atoms with E-state index in [1.54, 1.807) is 0 Å².